The molecule has 0 unspecified atom stereocenters. The number of nitrogens with one attached hydrogen (secondary N) is 2. The van der Waals surface area contributed by atoms with E-state index < -0.39 is 5.82 Å². The third-order valence-electron chi connectivity index (χ3n) is 3.59. The molecule has 2 atom stereocenters. The maximum absolute atomic E-state index is 13.3. The summed E-state index contributed by atoms with van der Waals surface area (Å²) in [5, 5.41) is 5.43. The van der Waals surface area contributed by atoms with Crippen LogP contribution in [0.1, 0.15) is 29.3 Å². The normalized spacial score (nSPS) is 20.4. The summed E-state index contributed by atoms with van der Waals surface area (Å²) in [4.78, 5) is 23.3. The summed E-state index contributed by atoms with van der Waals surface area (Å²) in [6.07, 6.45) is 0.945. The number of carbonyl (C=O) groups excluding carboxylic acids is 2. The Morgan fingerprint density at radius 2 is 1.95 bits per heavy atom. The van der Waals surface area contributed by atoms with Crippen molar-refractivity contribution in [1.82, 2.24) is 10.6 Å². The van der Waals surface area contributed by atoms with Crippen LogP contribution < -0.4 is 10.6 Å². The summed E-state index contributed by atoms with van der Waals surface area (Å²) >= 11 is 0. The van der Waals surface area contributed by atoms with Gasteiger partial charge in [0, 0.05) is 24.6 Å². The Bertz CT molecular complexity index is 531. The summed E-state index contributed by atoms with van der Waals surface area (Å²) < 4.78 is 13.3. The molecule has 4 nitrogen and oxygen atoms in total. The van der Waals surface area contributed by atoms with Crippen molar-refractivity contribution in [3.05, 3.63) is 35.1 Å². The number of carbonyl (C=O) groups is 2. The van der Waals surface area contributed by atoms with E-state index in [0.717, 1.165) is 6.42 Å². The highest BCUT2D eigenvalue weighted by Gasteiger charge is 2.38. The SMILES string of the molecule is Cc1ccc(C(=O)NCCNC(=O)[C@H]2C[C@H]2C)cc1F. The van der Waals surface area contributed by atoms with E-state index in [1.807, 2.05) is 6.92 Å². The van der Waals surface area contributed by atoms with Crippen molar-refractivity contribution in [2.45, 2.75) is 20.3 Å². The van der Waals surface area contributed by atoms with Crippen LogP contribution in [0.3, 0.4) is 0 Å². The fraction of sp³-hybridized carbons (Fsp3) is 0.467. The molecule has 108 valence electrons. The third-order valence-corrected chi connectivity index (χ3v) is 3.59. The van der Waals surface area contributed by atoms with Crippen molar-refractivity contribution in [2.24, 2.45) is 11.8 Å². The molecule has 0 bridgehead atoms. The minimum absolute atomic E-state index is 0.0492. The van der Waals surface area contributed by atoms with E-state index in [9.17, 15) is 14.0 Å². The molecule has 20 heavy (non-hydrogen) atoms. The molecule has 1 aromatic rings. The van der Waals surface area contributed by atoms with Crippen LogP contribution in [0.5, 0.6) is 0 Å². The van der Waals surface area contributed by atoms with E-state index in [2.05, 4.69) is 10.6 Å². The number of benzene rings is 1. The number of hydrogen-bond acceptors (Lipinski definition) is 2. The van der Waals surface area contributed by atoms with Crippen molar-refractivity contribution < 1.29 is 14.0 Å². The van der Waals surface area contributed by atoms with E-state index >= 15 is 0 Å². The van der Waals surface area contributed by atoms with Crippen molar-refractivity contribution in [2.75, 3.05) is 13.1 Å². The van der Waals surface area contributed by atoms with Crippen LogP contribution in [0.4, 0.5) is 4.39 Å². The average Bonchev–Trinajstić information content (AvgIpc) is 3.14. The molecule has 1 aliphatic rings. The third kappa shape index (κ3) is 3.56. The number of halogens is 1. The molecule has 1 aromatic carbocycles. The average molecular weight is 278 g/mol. The van der Waals surface area contributed by atoms with Crippen LogP contribution in [0, 0.1) is 24.6 Å². The highest BCUT2D eigenvalue weighted by atomic mass is 19.1. The molecule has 1 saturated carbocycles. The molecular weight excluding hydrogens is 259 g/mol. The van der Waals surface area contributed by atoms with E-state index in [0.29, 0.717) is 24.6 Å². The van der Waals surface area contributed by atoms with Crippen molar-refractivity contribution >= 4 is 11.8 Å². The van der Waals surface area contributed by atoms with Crippen molar-refractivity contribution in [3.8, 4) is 0 Å². The van der Waals surface area contributed by atoms with Gasteiger partial charge in [0.1, 0.15) is 5.82 Å². The second-order valence-electron chi connectivity index (χ2n) is 5.33. The fourth-order valence-electron chi connectivity index (χ4n) is 2.02. The van der Waals surface area contributed by atoms with E-state index in [1.165, 1.54) is 6.07 Å². The van der Waals surface area contributed by atoms with Crippen LogP contribution in [0.2, 0.25) is 0 Å². The van der Waals surface area contributed by atoms with Gasteiger partial charge in [-0.15, -0.1) is 0 Å². The van der Waals surface area contributed by atoms with Gasteiger partial charge < -0.3 is 10.6 Å². The molecule has 0 aromatic heterocycles. The van der Waals surface area contributed by atoms with Gasteiger partial charge in [-0.1, -0.05) is 13.0 Å². The van der Waals surface area contributed by atoms with E-state index in [1.54, 1.807) is 19.1 Å². The van der Waals surface area contributed by atoms with Gasteiger partial charge >= 0.3 is 0 Å². The summed E-state index contributed by atoms with van der Waals surface area (Å²) in [5.41, 5.74) is 0.794. The Morgan fingerprint density at radius 3 is 2.55 bits per heavy atom. The van der Waals surface area contributed by atoms with Crippen LogP contribution in [0.25, 0.3) is 0 Å². The smallest absolute Gasteiger partial charge is 0.251 e. The first-order valence-corrected chi connectivity index (χ1v) is 6.81. The first-order valence-electron chi connectivity index (χ1n) is 6.81. The molecule has 1 aliphatic carbocycles. The second-order valence-corrected chi connectivity index (χ2v) is 5.33. The molecule has 2 N–H and O–H groups in total. The molecule has 0 saturated heterocycles. The summed E-state index contributed by atoms with van der Waals surface area (Å²) in [5.74, 6) is -0.0724. The van der Waals surface area contributed by atoms with Gasteiger partial charge in [-0.3, -0.25) is 9.59 Å². The quantitative estimate of drug-likeness (QED) is 0.804. The number of amides is 2. The zero-order valence-corrected chi connectivity index (χ0v) is 11.7. The minimum atomic E-state index is -0.395. The lowest BCUT2D eigenvalue weighted by Crippen LogP contribution is -2.35. The van der Waals surface area contributed by atoms with Crippen LogP contribution in [-0.2, 0) is 4.79 Å². The maximum atomic E-state index is 13.3. The Labute approximate surface area is 117 Å². The lowest BCUT2D eigenvalue weighted by Gasteiger charge is -2.07. The van der Waals surface area contributed by atoms with Crippen LogP contribution in [0.15, 0.2) is 18.2 Å². The van der Waals surface area contributed by atoms with Gasteiger partial charge in [0.2, 0.25) is 5.91 Å². The zero-order chi connectivity index (χ0) is 14.7. The monoisotopic (exact) mass is 278 g/mol. The number of hydrogen-bond donors (Lipinski definition) is 2. The standard InChI is InChI=1S/C15H19FN2O2/c1-9-3-4-11(8-13(9)16)14(19)17-5-6-18-15(20)12-7-10(12)2/h3-4,8,10,12H,5-7H2,1-2H3,(H,17,19)(H,18,20)/t10-,12+/m1/s1. The molecule has 2 rings (SSSR count). The summed E-state index contributed by atoms with van der Waals surface area (Å²) in [6.45, 7) is 4.41. The van der Waals surface area contributed by atoms with Crippen molar-refractivity contribution in [3.63, 3.8) is 0 Å². The van der Waals surface area contributed by atoms with Crippen LogP contribution >= 0.6 is 0 Å². The Hall–Kier alpha value is -1.91. The molecule has 2 amide bonds. The van der Waals surface area contributed by atoms with Gasteiger partial charge in [0.15, 0.2) is 0 Å². The Kier molecular flexibility index (Phi) is 4.37. The maximum Gasteiger partial charge on any atom is 0.251 e. The predicted octanol–water partition coefficient (Wildman–Crippen LogP) is 1.64. The van der Waals surface area contributed by atoms with E-state index in [-0.39, 0.29) is 23.3 Å². The topological polar surface area (TPSA) is 58.2 Å². The fourth-order valence-corrected chi connectivity index (χ4v) is 2.02. The van der Waals surface area contributed by atoms with Gasteiger partial charge in [-0.2, -0.15) is 0 Å². The highest BCUT2D eigenvalue weighted by molar-refractivity contribution is 5.94. The number of rotatable bonds is 5. The molecule has 1 fully saturated rings. The Balaban J connectivity index is 1.72. The molecule has 0 spiro atoms. The van der Waals surface area contributed by atoms with Gasteiger partial charge in [0.25, 0.3) is 5.91 Å². The number of aryl methyl sites for hydroxylation is 1. The highest BCUT2D eigenvalue weighted by Crippen LogP contribution is 2.37. The Morgan fingerprint density at radius 1 is 1.30 bits per heavy atom. The molecule has 0 heterocycles. The zero-order valence-electron chi connectivity index (χ0n) is 11.7. The van der Waals surface area contributed by atoms with Crippen molar-refractivity contribution in [1.29, 1.82) is 0 Å². The summed E-state index contributed by atoms with van der Waals surface area (Å²) in [7, 11) is 0. The first-order chi connectivity index (χ1) is 9.49. The first kappa shape index (κ1) is 14.5. The molecule has 5 heteroatoms. The van der Waals surface area contributed by atoms with Gasteiger partial charge in [0.05, 0.1) is 0 Å². The minimum Gasteiger partial charge on any atom is -0.354 e. The lowest BCUT2D eigenvalue weighted by molar-refractivity contribution is -0.122. The van der Waals surface area contributed by atoms with Gasteiger partial charge in [-0.05, 0) is 37.0 Å². The molecule has 0 radical (unpaired) electrons. The lowest BCUT2D eigenvalue weighted by atomic mass is 10.1. The van der Waals surface area contributed by atoms with Gasteiger partial charge in [-0.25, -0.2) is 4.39 Å². The molecular formula is C15H19FN2O2. The van der Waals surface area contributed by atoms with E-state index in [4.69, 9.17) is 0 Å². The van der Waals surface area contributed by atoms with Crippen LogP contribution in [-0.4, -0.2) is 24.9 Å². The predicted molar refractivity (Wildman–Crippen MR) is 73.8 cm³/mol. The molecule has 0 aliphatic heterocycles. The second kappa shape index (κ2) is 6.03. The largest absolute Gasteiger partial charge is 0.354 e. The summed E-state index contributed by atoms with van der Waals surface area (Å²) in [6, 6.07) is 4.37.